The highest BCUT2D eigenvalue weighted by molar-refractivity contribution is 7.92. The summed E-state index contributed by atoms with van der Waals surface area (Å²) in [6, 6.07) is 9.51. The molecule has 0 saturated carbocycles. The maximum Gasteiger partial charge on any atom is 0.416 e. The van der Waals surface area contributed by atoms with Gasteiger partial charge in [0.25, 0.3) is 10.0 Å². The molecule has 0 fully saturated rings. The Bertz CT molecular complexity index is 937. The van der Waals surface area contributed by atoms with Crippen molar-refractivity contribution in [2.24, 2.45) is 0 Å². The number of hydrogen-bond acceptors (Lipinski definition) is 4. The van der Waals surface area contributed by atoms with Gasteiger partial charge in [-0.1, -0.05) is 24.3 Å². The van der Waals surface area contributed by atoms with E-state index in [-0.39, 0.29) is 5.69 Å². The number of halogens is 3. The summed E-state index contributed by atoms with van der Waals surface area (Å²) < 4.78 is 69.9. The monoisotopic (exact) mass is 385 g/mol. The molecular formula is C17H14F3NO4S. The highest BCUT2D eigenvalue weighted by Gasteiger charge is 2.31. The predicted octanol–water partition coefficient (Wildman–Crippen LogP) is 3.69. The lowest BCUT2D eigenvalue weighted by atomic mass is 10.2. The van der Waals surface area contributed by atoms with Crippen LogP contribution in [0.2, 0.25) is 0 Å². The number of benzene rings is 2. The fraction of sp³-hybridized carbons (Fsp3) is 0.118. The second-order valence-electron chi connectivity index (χ2n) is 5.07. The summed E-state index contributed by atoms with van der Waals surface area (Å²) in [6.07, 6.45) is -2.24. The molecule has 0 amide bonds. The largest absolute Gasteiger partial charge is 0.466 e. The highest BCUT2D eigenvalue weighted by atomic mass is 32.2. The van der Waals surface area contributed by atoms with Gasteiger partial charge in [-0.3, -0.25) is 4.72 Å². The molecule has 0 aliphatic heterocycles. The lowest BCUT2D eigenvalue weighted by Crippen LogP contribution is -2.15. The highest BCUT2D eigenvalue weighted by Crippen LogP contribution is 2.31. The molecule has 0 spiro atoms. The van der Waals surface area contributed by atoms with Gasteiger partial charge in [0.2, 0.25) is 0 Å². The number of anilines is 1. The lowest BCUT2D eigenvalue weighted by molar-refractivity contribution is -0.138. The second-order valence-corrected chi connectivity index (χ2v) is 6.76. The third-order valence-corrected chi connectivity index (χ3v) is 4.64. The molecule has 9 heteroatoms. The van der Waals surface area contributed by atoms with Gasteiger partial charge in [0.05, 0.1) is 23.3 Å². The number of para-hydroxylation sites is 1. The fourth-order valence-electron chi connectivity index (χ4n) is 2.00. The average molecular weight is 385 g/mol. The van der Waals surface area contributed by atoms with Gasteiger partial charge in [-0.05, 0) is 35.9 Å². The number of alkyl halides is 3. The number of carbonyl (C=O) groups excluding carboxylic acids is 1. The first-order valence-corrected chi connectivity index (χ1v) is 8.67. The van der Waals surface area contributed by atoms with Crippen molar-refractivity contribution in [2.75, 3.05) is 11.8 Å². The van der Waals surface area contributed by atoms with Gasteiger partial charge in [-0.15, -0.1) is 0 Å². The predicted molar refractivity (Wildman–Crippen MR) is 89.7 cm³/mol. The Morgan fingerprint density at radius 2 is 1.81 bits per heavy atom. The van der Waals surface area contributed by atoms with E-state index in [0.717, 1.165) is 24.3 Å². The van der Waals surface area contributed by atoms with Gasteiger partial charge in [-0.2, -0.15) is 13.2 Å². The smallest absolute Gasteiger partial charge is 0.416 e. The number of rotatable bonds is 5. The Kier molecular flexibility index (Phi) is 5.71. The minimum atomic E-state index is -4.66. The van der Waals surface area contributed by atoms with Crippen molar-refractivity contribution < 1.29 is 31.1 Å². The van der Waals surface area contributed by atoms with E-state index in [1.165, 1.54) is 25.3 Å². The van der Waals surface area contributed by atoms with E-state index in [1.54, 1.807) is 12.1 Å². The van der Waals surface area contributed by atoms with Crippen molar-refractivity contribution in [1.29, 1.82) is 0 Å². The summed E-state index contributed by atoms with van der Waals surface area (Å²) in [5.74, 6) is -0.638. The standard InChI is InChI=1S/C17H14F3NO4S/c1-25-16(22)10-9-12-5-2-3-8-15(12)21-26(23,24)14-7-4-6-13(11-14)17(18,19)20/h2-11,21H,1H3/b10-9+. The van der Waals surface area contributed by atoms with Crippen molar-refractivity contribution in [3.05, 3.63) is 65.7 Å². The summed E-state index contributed by atoms with van der Waals surface area (Å²) in [5.41, 5.74) is -0.627. The van der Waals surface area contributed by atoms with Crippen molar-refractivity contribution in [1.82, 2.24) is 0 Å². The molecule has 0 bridgehead atoms. The number of hydrogen-bond donors (Lipinski definition) is 1. The van der Waals surface area contributed by atoms with Crippen LogP contribution in [0.25, 0.3) is 6.08 Å². The summed E-state index contributed by atoms with van der Waals surface area (Å²) >= 11 is 0. The minimum absolute atomic E-state index is 0.102. The Hall–Kier alpha value is -2.81. The van der Waals surface area contributed by atoms with E-state index in [9.17, 15) is 26.4 Å². The molecule has 0 saturated heterocycles. The molecule has 0 aliphatic rings. The number of esters is 1. The van der Waals surface area contributed by atoms with E-state index in [1.807, 2.05) is 0 Å². The van der Waals surface area contributed by atoms with Crippen LogP contribution in [-0.2, 0) is 25.7 Å². The third-order valence-electron chi connectivity index (χ3n) is 3.28. The molecule has 2 aromatic rings. The Morgan fingerprint density at radius 1 is 1.12 bits per heavy atom. The molecule has 2 aromatic carbocycles. The Morgan fingerprint density at radius 3 is 2.46 bits per heavy atom. The number of sulfonamides is 1. The Balaban J connectivity index is 2.36. The van der Waals surface area contributed by atoms with Crippen LogP contribution in [-0.4, -0.2) is 21.5 Å². The van der Waals surface area contributed by atoms with Gasteiger partial charge < -0.3 is 4.74 Å². The van der Waals surface area contributed by atoms with E-state index < -0.39 is 32.6 Å². The lowest BCUT2D eigenvalue weighted by Gasteiger charge is -2.12. The topological polar surface area (TPSA) is 72.5 Å². The zero-order chi connectivity index (χ0) is 19.4. The zero-order valence-corrected chi connectivity index (χ0v) is 14.3. The van der Waals surface area contributed by atoms with Crippen molar-refractivity contribution in [3.8, 4) is 0 Å². The summed E-state index contributed by atoms with van der Waals surface area (Å²) in [5, 5.41) is 0. The summed E-state index contributed by atoms with van der Waals surface area (Å²) in [6.45, 7) is 0. The molecule has 0 heterocycles. The molecule has 5 nitrogen and oxygen atoms in total. The molecule has 0 aliphatic carbocycles. The van der Waals surface area contributed by atoms with Crippen LogP contribution in [0.4, 0.5) is 18.9 Å². The molecule has 1 N–H and O–H groups in total. The van der Waals surface area contributed by atoms with Gasteiger partial charge in [0.1, 0.15) is 0 Å². The minimum Gasteiger partial charge on any atom is -0.466 e. The van der Waals surface area contributed by atoms with E-state index in [2.05, 4.69) is 9.46 Å². The first kappa shape index (κ1) is 19.5. The SMILES string of the molecule is COC(=O)/C=C/c1ccccc1NS(=O)(=O)c1cccc(C(F)(F)F)c1. The molecule has 2 rings (SSSR count). The maximum absolute atomic E-state index is 12.8. The molecule has 0 unspecified atom stereocenters. The van der Waals surface area contributed by atoms with Crippen LogP contribution in [0.1, 0.15) is 11.1 Å². The molecule has 0 radical (unpaired) electrons. The molecule has 0 aromatic heterocycles. The van der Waals surface area contributed by atoms with Crippen molar-refractivity contribution in [2.45, 2.75) is 11.1 Å². The van der Waals surface area contributed by atoms with Crippen LogP contribution in [0.5, 0.6) is 0 Å². The first-order chi connectivity index (χ1) is 12.1. The number of ether oxygens (including phenoxy) is 1. The molecule has 138 valence electrons. The fourth-order valence-corrected chi connectivity index (χ4v) is 3.14. The zero-order valence-electron chi connectivity index (χ0n) is 13.4. The maximum atomic E-state index is 12.8. The van der Waals surface area contributed by atoms with Crippen LogP contribution < -0.4 is 4.72 Å². The second kappa shape index (κ2) is 7.61. The molecule has 26 heavy (non-hydrogen) atoms. The summed E-state index contributed by atoms with van der Waals surface area (Å²) in [4.78, 5) is 10.7. The number of methoxy groups -OCH3 is 1. The van der Waals surface area contributed by atoms with Gasteiger partial charge in [-0.25, -0.2) is 13.2 Å². The number of carbonyl (C=O) groups is 1. The normalized spacial score (nSPS) is 12.2. The Labute approximate surface area is 148 Å². The van der Waals surface area contributed by atoms with Gasteiger partial charge in [0.15, 0.2) is 0 Å². The van der Waals surface area contributed by atoms with Crippen LogP contribution in [0, 0.1) is 0 Å². The first-order valence-electron chi connectivity index (χ1n) is 7.18. The van der Waals surface area contributed by atoms with Crippen LogP contribution in [0.15, 0.2) is 59.5 Å². The van der Waals surface area contributed by atoms with Gasteiger partial charge in [0, 0.05) is 6.08 Å². The quantitative estimate of drug-likeness (QED) is 0.629. The van der Waals surface area contributed by atoms with Gasteiger partial charge >= 0.3 is 12.1 Å². The molecular weight excluding hydrogens is 371 g/mol. The van der Waals surface area contributed by atoms with Crippen LogP contribution >= 0.6 is 0 Å². The van der Waals surface area contributed by atoms with E-state index in [0.29, 0.717) is 11.6 Å². The third kappa shape index (κ3) is 4.85. The van der Waals surface area contributed by atoms with Crippen LogP contribution in [0.3, 0.4) is 0 Å². The van der Waals surface area contributed by atoms with Crippen molar-refractivity contribution in [3.63, 3.8) is 0 Å². The van der Waals surface area contributed by atoms with Crippen molar-refractivity contribution >= 4 is 27.8 Å². The van der Waals surface area contributed by atoms with E-state index in [4.69, 9.17) is 0 Å². The number of nitrogens with one attached hydrogen (secondary N) is 1. The summed E-state index contributed by atoms with van der Waals surface area (Å²) in [7, 11) is -3.07. The average Bonchev–Trinajstić information content (AvgIpc) is 2.60. The van der Waals surface area contributed by atoms with E-state index >= 15 is 0 Å². The molecule has 0 atom stereocenters.